The molecule has 1 aliphatic rings. The van der Waals surface area contributed by atoms with E-state index in [4.69, 9.17) is 0 Å². The molecule has 0 saturated heterocycles. The first-order valence-corrected chi connectivity index (χ1v) is 10.5. The minimum Gasteiger partial charge on any atom is -0.506 e. The van der Waals surface area contributed by atoms with Crippen LogP contribution in [0.4, 0.5) is 0 Å². The maximum atomic E-state index is 10.8. The Morgan fingerprint density at radius 1 is 1.17 bits per heavy atom. The van der Waals surface area contributed by atoms with E-state index in [9.17, 15) is 10.2 Å². The predicted octanol–water partition coefficient (Wildman–Crippen LogP) is 6.36. The van der Waals surface area contributed by atoms with Crippen molar-refractivity contribution < 1.29 is 10.2 Å². The molecule has 0 spiro atoms. The third-order valence-corrected chi connectivity index (χ3v) is 7.27. The van der Waals surface area contributed by atoms with E-state index in [1.807, 2.05) is 0 Å². The largest absolute Gasteiger partial charge is 0.506 e. The van der Waals surface area contributed by atoms with Gasteiger partial charge in [-0.3, -0.25) is 0 Å². The monoisotopic (exact) mass is 540 g/mol. The summed E-state index contributed by atoms with van der Waals surface area (Å²) in [6, 6.07) is 0. The molecule has 1 aromatic rings. The lowest BCUT2D eigenvalue weighted by Crippen LogP contribution is -2.21. The predicted molar refractivity (Wildman–Crippen MR) is 113 cm³/mol. The number of phenolic OH excluding ortho intramolecular Hbond substituents is 2. The molecule has 1 aromatic carbocycles. The van der Waals surface area contributed by atoms with Gasteiger partial charge in [0.15, 0.2) is 0 Å². The zero-order valence-electron chi connectivity index (χ0n) is 14.3. The van der Waals surface area contributed by atoms with Crippen LogP contribution >= 0.6 is 45.2 Å². The average Bonchev–Trinajstić information content (AvgIpc) is 2.49. The van der Waals surface area contributed by atoms with Crippen molar-refractivity contribution in [2.45, 2.75) is 59.3 Å². The van der Waals surface area contributed by atoms with E-state index >= 15 is 0 Å². The minimum atomic E-state index is 0.0986. The topological polar surface area (TPSA) is 40.5 Å². The Bertz CT molecular complexity index is 591. The van der Waals surface area contributed by atoms with E-state index < -0.39 is 0 Å². The summed E-state index contributed by atoms with van der Waals surface area (Å²) < 4.78 is 1.81. The number of halogens is 2. The van der Waals surface area contributed by atoms with E-state index in [2.05, 4.69) is 79.0 Å². The molecule has 0 fully saturated rings. The second-order valence-corrected chi connectivity index (χ2v) is 9.11. The van der Waals surface area contributed by atoms with Crippen LogP contribution < -0.4 is 0 Å². The highest BCUT2D eigenvalue weighted by Crippen LogP contribution is 2.50. The minimum absolute atomic E-state index is 0.0986. The third kappa shape index (κ3) is 3.83. The molecule has 2 nitrogen and oxygen atoms in total. The summed E-state index contributed by atoms with van der Waals surface area (Å²) in [5.74, 6) is 1.65. The Morgan fingerprint density at radius 3 is 2.22 bits per heavy atom. The molecule has 0 aliphatic heterocycles. The summed E-state index contributed by atoms with van der Waals surface area (Å²) in [4.78, 5) is 0. The summed E-state index contributed by atoms with van der Waals surface area (Å²) in [6.45, 7) is 8.75. The number of aromatic hydroxyl groups is 2. The fraction of sp³-hybridized carbons (Fsp3) is 0.579. The maximum absolute atomic E-state index is 10.8. The SMILES string of the molecule is CCCc1c(I)c(O)c([C@@H]2C=C(C)CCC2C(C)C)c(O)c1I. The van der Waals surface area contributed by atoms with Crippen LogP contribution in [0.1, 0.15) is 64.0 Å². The lowest BCUT2D eigenvalue weighted by molar-refractivity contribution is 0.303. The number of hydrogen-bond acceptors (Lipinski definition) is 2. The fourth-order valence-corrected chi connectivity index (χ4v) is 5.82. The van der Waals surface area contributed by atoms with Crippen LogP contribution in [-0.2, 0) is 6.42 Å². The molecule has 0 bridgehead atoms. The van der Waals surface area contributed by atoms with Crippen molar-refractivity contribution in [2.75, 3.05) is 0 Å². The first-order chi connectivity index (χ1) is 10.8. The average molecular weight is 540 g/mol. The van der Waals surface area contributed by atoms with Crippen molar-refractivity contribution in [3.63, 3.8) is 0 Å². The molecule has 0 heterocycles. The van der Waals surface area contributed by atoms with E-state index in [1.54, 1.807) is 0 Å². The second-order valence-electron chi connectivity index (χ2n) is 6.95. The van der Waals surface area contributed by atoms with Crippen molar-refractivity contribution in [1.29, 1.82) is 0 Å². The summed E-state index contributed by atoms with van der Waals surface area (Å²) in [5, 5.41) is 21.7. The first-order valence-electron chi connectivity index (χ1n) is 8.38. The highest BCUT2D eigenvalue weighted by atomic mass is 127. The van der Waals surface area contributed by atoms with Crippen LogP contribution in [0.2, 0.25) is 0 Å². The van der Waals surface area contributed by atoms with Gasteiger partial charge in [0.25, 0.3) is 0 Å². The fourth-order valence-electron chi connectivity index (χ4n) is 3.65. The number of rotatable bonds is 4. The normalized spacial score (nSPS) is 21.6. The molecule has 0 amide bonds. The maximum Gasteiger partial charge on any atom is 0.136 e. The van der Waals surface area contributed by atoms with Crippen molar-refractivity contribution in [3.05, 3.63) is 29.9 Å². The van der Waals surface area contributed by atoms with Gasteiger partial charge in [-0.2, -0.15) is 0 Å². The summed E-state index contributed by atoms with van der Waals surface area (Å²) >= 11 is 4.47. The number of benzene rings is 1. The van der Waals surface area contributed by atoms with Crippen LogP contribution in [0.3, 0.4) is 0 Å². The van der Waals surface area contributed by atoms with Gasteiger partial charge >= 0.3 is 0 Å². The molecule has 1 aliphatic carbocycles. The molecule has 0 saturated carbocycles. The van der Waals surface area contributed by atoms with Gasteiger partial charge in [0.2, 0.25) is 0 Å². The van der Waals surface area contributed by atoms with Crippen LogP contribution in [0.15, 0.2) is 11.6 Å². The Kier molecular flexibility index (Phi) is 6.67. The molecule has 0 radical (unpaired) electrons. The van der Waals surface area contributed by atoms with E-state index in [0.717, 1.165) is 44.0 Å². The van der Waals surface area contributed by atoms with Gasteiger partial charge in [0, 0.05) is 11.5 Å². The van der Waals surface area contributed by atoms with E-state index in [1.165, 1.54) is 5.57 Å². The van der Waals surface area contributed by atoms with Crippen molar-refractivity contribution in [2.24, 2.45) is 11.8 Å². The van der Waals surface area contributed by atoms with E-state index in [-0.39, 0.29) is 17.4 Å². The molecule has 128 valence electrons. The van der Waals surface area contributed by atoms with Gasteiger partial charge < -0.3 is 10.2 Å². The van der Waals surface area contributed by atoms with Crippen molar-refractivity contribution in [1.82, 2.24) is 0 Å². The zero-order chi connectivity index (χ0) is 17.3. The number of phenols is 2. The lowest BCUT2D eigenvalue weighted by Gasteiger charge is -2.34. The van der Waals surface area contributed by atoms with Crippen molar-refractivity contribution >= 4 is 45.2 Å². The summed E-state index contributed by atoms with van der Waals surface area (Å²) in [5.41, 5.74) is 3.16. The number of allylic oxidation sites excluding steroid dienone is 2. The Morgan fingerprint density at radius 2 is 1.74 bits per heavy atom. The second kappa shape index (κ2) is 7.93. The summed E-state index contributed by atoms with van der Waals surface area (Å²) in [6.07, 6.45) is 6.37. The quantitative estimate of drug-likeness (QED) is 0.345. The van der Waals surface area contributed by atoms with Gasteiger partial charge in [-0.15, -0.1) is 0 Å². The molecule has 2 atom stereocenters. The van der Waals surface area contributed by atoms with Crippen molar-refractivity contribution in [3.8, 4) is 11.5 Å². The smallest absolute Gasteiger partial charge is 0.136 e. The van der Waals surface area contributed by atoms with Gasteiger partial charge in [-0.05, 0) is 88.8 Å². The van der Waals surface area contributed by atoms with Crippen LogP contribution in [0.5, 0.6) is 11.5 Å². The van der Waals surface area contributed by atoms with Crippen LogP contribution in [-0.4, -0.2) is 10.2 Å². The molecule has 23 heavy (non-hydrogen) atoms. The van der Waals surface area contributed by atoms with Gasteiger partial charge in [-0.25, -0.2) is 0 Å². The Hall–Kier alpha value is 0.0200. The highest BCUT2D eigenvalue weighted by Gasteiger charge is 2.33. The van der Waals surface area contributed by atoms with Crippen LogP contribution in [0.25, 0.3) is 0 Å². The zero-order valence-corrected chi connectivity index (χ0v) is 18.6. The highest BCUT2D eigenvalue weighted by molar-refractivity contribution is 14.1. The molecule has 4 heteroatoms. The van der Waals surface area contributed by atoms with Gasteiger partial charge in [0.05, 0.1) is 7.14 Å². The van der Waals surface area contributed by atoms with Gasteiger partial charge in [-0.1, -0.05) is 38.8 Å². The molecule has 2 rings (SSSR count). The Labute approximate surface area is 167 Å². The molecular weight excluding hydrogens is 514 g/mol. The molecule has 1 unspecified atom stereocenters. The standard InChI is InChI=1S/C19H26I2O2/c1-5-6-13-16(20)18(22)15(19(23)17(13)21)14-9-11(4)7-8-12(14)10(2)3/h9-10,12,14,22-23H,5-8H2,1-4H3/t12?,14-/m1/s1. The molecule has 0 aromatic heterocycles. The number of hydrogen-bond donors (Lipinski definition) is 2. The van der Waals surface area contributed by atoms with Gasteiger partial charge in [0.1, 0.15) is 11.5 Å². The van der Waals surface area contributed by atoms with E-state index in [0.29, 0.717) is 11.8 Å². The first kappa shape index (κ1) is 19.3. The molecular formula is C19H26I2O2. The Balaban J connectivity index is 2.64. The molecule has 2 N–H and O–H groups in total. The summed E-state index contributed by atoms with van der Waals surface area (Å²) in [7, 11) is 0. The third-order valence-electron chi connectivity index (χ3n) is 4.94. The lowest BCUT2D eigenvalue weighted by atomic mass is 9.71. The van der Waals surface area contributed by atoms with Crippen LogP contribution in [0, 0.1) is 19.0 Å².